The number of methoxy groups -OCH3 is 2. The quantitative estimate of drug-likeness (QED) is 0.295. The van der Waals surface area contributed by atoms with Gasteiger partial charge in [0.15, 0.2) is 5.82 Å². The summed E-state index contributed by atoms with van der Waals surface area (Å²) in [4.78, 5) is 24.1. The van der Waals surface area contributed by atoms with E-state index >= 15 is 0 Å². The lowest BCUT2D eigenvalue weighted by molar-refractivity contribution is 0.0600. The van der Waals surface area contributed by atoms with Gasteiger partial charge in [-0.15, -0.1) is 11.3 Å². The zero-order valence-corrected chi connectivity index (χ0v) is 20.8. The number of hydrogen-bond donors (Lipinski definition) is 1. The number of carbonyl (C=O) groups is 1. The molecule has 0 aliphatic heterocycles. The van der Waals surface area contributed by atoms with Crippen LogP contribution in [0, 0.1) is 0 Å². The standard InChI is InChI=1S/C27H22ClN3O3S/c1-33-20-11-6-14(12-19(20)28)13-29-25-22-21-17-4-3-5-18(17)23(21)35-26(22)31-24(30-25)15-7-9-16(10-8-15)27(32)34-2/h4,6-12,18H,3,5,13H2,1-2H3,(H,29,30,31). The number of ether oxygens (including phenoxy) is 2. The summed E-state index contributed by atoms with van der Waals surface area (Å²) < 4.78 is 10.1. The molecule has 0 saturated heterocycles. The fraction of sp³-hybridized carbons (Fsp3) is 0.222. The van der Waals surface area contributed by atoms with E-state index in [4.69, 9.17) is 31.0 Å². The Morgan fingerprint density at radius 2 is 2.00 bits per heavy atom. The third-order valence-corrected chi connectivity index (χ3v) is 8.11. The number of carbonyl (C=O) groups excluding carboxylic acids is 1. The molecule has 2 aliphatic rings. The average molecular weight is 504 g/mol. The Balaban J connectivity index is 1.41. The van der Waals surface area contributed by atoms with Crippen molar-refractivity contribution in [1.29, 1.82) is 0 Å². The Morgan fingerprint density at radius 1 is 1.17 bits per heavy atom. The molecule has 0 radical (unpaired) electrons. The zero-order chi connectivity index (χ0) is 24.1. The number of esters is 1. The highest BCUT2D eigenvalue weighted by molar-refractivity contribution is 7.19. The number of hydrogen-bond acceptors (Lipinski definition) is 7. The van der Waals surface area contributed by atoms with Gasteiger partial charge in [-0.05, 0) is 48.2 Å². The number of fused-ring (bicyclic) bond motifs is 6. The van der Waals surface area contributed by atoms with Crippen LogP contribution in [0.3, 0.4) is 0 Å². The van der Waals surface area contributed by atoms with Crippen molar-refractivity contribution < 1.29 is 14.3 Å². The fourth-order valence-electron chi connectivity index (χ4n) is 4.86. The number of allylic oxidation sites excluding steroid dienone is 2. The van der Waals surface area contributed by atoms with Gasteiger partial charge in [0, 0.05) is 28.5 Å². The second kappa shape index (κ2) is 8.66. The molecule has 6 nitrogen and oxygen atoms in total. The first-order valence-electron chi connectivity index (χ1n) is 11.4. The molecule has 176 valence electrons. The molecule has 0 fully saturated rings. The molecule has 1 N–H and O–H groups in total. The van der Waals surface area contributed by atoms with Crippen molar-refractivity contribution >= 4 is 50.5 Å². The summed E-state index contributed by atoms with van der Waals surface area (Å²) in [5.74, 6) is 2.24. The molecule has 0 bridgehead atoms. The highest BCUT2D eigenvalue weighted by atomic mass is 35.5. The van der Waals surface area contributed by atoms with E-state index in [1.165, 1.54) is 29.5 Å². The molecule has 1 unspecified atom stereocenters. The number of thiophene rings is 1. The van der Waals surface area contributed by atoms with E-state index in [0.717, 1.165) is 33.6 Å². The minimum atomic E-state index is -0.369. The van der Waals surface area contributed by atoms with E-state index in [0.29, 0.717) is 34.6 Å². The Bertz CT molecular complexity index is 1510. The maximum Gasteiger partial charge on any atom is 0.337 e. The number of nitrogens with one attached hydrogen (secondary N) is 1. The first-order valence-corrected chi connectivity index (χ1v) is 12.6. The predicted molar refractivity (Wildman–Crippen MR) is 139 cm³/mol. The molecule has 35 heavy (non-hydrogen) atoms. The van der Waals surface area contributed by atoms with Crippen molar-refractivity contribution in [3.05, 3.63) is 75.1 Å². The smallest absolute Gasteiger partial charge is 0.337 e. The van der Waals surface area contributed by atoms with Gasteiger partial charge in [0.25, 0.3) is 0 Å². The summed E-state index contributed by atoms with van der Waals surface area (Å²) in [5.41, 5.74) is 5.09. The second-order valence-electron chi connectivity index (χ2n) is 8.60. The molecule has 8 heteroatoms. The van der Waals surface area contributed by atoms with Crippen LogP contribution in [0.25, 0.3) is 27.2 Å². The summed E-state index contributed by atoms with van der Waals surface area (Å²) in [6.45, 7) is 0.559. The van der Waals surface area contributed by atoms with Gasteiger partial charge in [-0.3, -0.25) is 0 Å². The van der Waals surface area contributed by atoms with Crippen molar-refractivity contribution in [2.75, 3.05) is 19.5 Å². The minimum Gasteiger partial charge on any atom is -0.495 e. The number of halogens is 1. The Hall–Kier alpha value is -3.42. The number of anilines is 1. The van der Waals surface area contributed by atoms with Crippen molar-refractivity contribution in [3.8, 4) is 17.1 Å². The third-order valence-electron chi connectivity index (χ3n) is 6.62. The molecule has 2 aromatic heterocycles. The monoisotopic (exact) mass is 503 g/mol. The number of nitrogens with zero attached hydrogens (tertiary/aromatic N) is 2. The molecular formula is C27H22ClN3O3S. The minimum absolute atomic E-state index is 0.369. The van der Waals surface area contributed by atoms with E-state index in [1.807, 2.05) is 30.3 Å². The zero-order valence-electron chi connectivity index (χ0n) is 19.2. The van der Waals surface area contributed by atoms with Crippen molar-refractivity contribution in [1.82, 2.24) is 9.97 Å². The maximum absolute atomic E-state index is 11.8. The first-order chi connectivity index (χ1) is 17.1. The molecule has 0 spiro atoms. The van der Waals surface area contributed by atoms with Crippen LogP contribution in [0.2, 0.25) is 5.02 Å². The average Bonchev–Trinajstić information content (AvgIpc) is 3.44. The summed E-state index contributed by atoms with van der Waals surface area (Å²) in [6.07, 6.45) is 4.66. The van der Waals surface area contributed by atoms with Crippen molar-refractivity contribution in [2.24, 2.45) is 0 Å². The van der Waals surface area contributed by atoms with E-state index in [2.05, 4.69) is 11.4 Å². The summed E-state index contributed by atoms with van der Waals surface area (Å²) in [6, 6.07) is 12.9. The largest absolute Gasteiger partial charge is 0.495 e. The van der Waals surface area contributed by atoms with Gasteiger partial charge in [-0.1, -0.05) is 35.9 Å². The SMILES string of the molecule is COC(=O)c1ccc(-c2nc(NCc3ccc(OC)c(Cl)c3)c3c4c(sc3n2)C2CCC=C42)cc1. The van der Waals surface area contributed by atoms with E-state index < -0.39 is 0 Å². The highest BCUT2D eigenvalue weighted by Gasteiger charge is 2.39. The molecule has 4 aromatic rings. The first kappa shape index (κ1) is 22.1. The molecular weight excluding hydrogens is 482 g/mol. The van der Waals surface area contributed by atoms with Gasteiger partial charge >= 0.3 is 5.97 Å². The van der Waals surface area contributed by atoms with Gasteiger partial charge in [0.2, 0.25) is 0 Å². The van der Waals surface area contributed by atoms with Crippen molar-refractivity contribution in [3.63, 3.8) is 0 Å². The van der Waals surface area contributed by atoms with E-state index in [1.54, 1.807) is 30.6 Å². The van der Waals surface area contributed by atoms with Gasteiger partial charge in [0.1, 0.15) is 16.4 Å². The lowest BCUT2D eigenvalue weighted by Gasteiger charge is -2.26. The van der Waals surface area contributed by atoms with Crippen LogP contribution in [0.5, 0.6) is 5.75 Å². The van der Waals surface area contributed by atoms with Crippen LogP contribution >= 0.6 is 22.9 Å². The lowest BCUT2D eigenvalue weighted by Crippen LogP contribution is -2.10. The van der Waals surface area contributed by atoms with Gasteiger partial charge in [-0.2, -0.15) is 0 Å². The summed E-state index contributed by atoms with van der Waals surface area (Å²) in [5, 5.41) is 5.20. The normalized spacial score (nSPS) is 15.7. The van der Waals surface area contributed by atoms with Gasteiger partial charge < -0.3 is 14.8 Å². The molecule has 2 heterocycles. The van der Waals surface area contributed by atoms with Crippen LogP contribution in [-0.4, -0.2) is 30.2 Å². The maximum atomic E-state index is 11.8. The second-order valence-corrected chi connectivity index (χ2v) is 10.0. The molecule has 2 aromatic carbocycles. The number of rotatable bonds is 6. The summed E-state index contributed by atoms with van der Waals surface area (Å²) in [7, 11) is 2.98. The van der Waals surface area contributed by atoms with Crippen LogP contribution < -0.4 is 10.1 Å². The molecule has 0 saturated carbocycles. The Morgan fingerprint density at radius 3 is 2.74 bits per heavy atom. The lowest BCUT2D eigenvalue weighted by atomic mass is 9.80. The topological polar surface area (TPSA) is 73.3 Å². The molecule has 6 rings (SSSR count). The molecule has 2 aliphatic carbocycles. The Labute approximate surface area is 211 Å². The highest BCUT2D eigenvalue weighted by Crippen LogP contribution is 2.59. The molecule has 0 amide bonds. The van der Waals surface area contributed by atoms with Crippen LogP contribution in [0.4, 0.5) is 5.82 Å². The van der Waals surface area contributed by atoms with Gasteiger partial charge in [0.05, 0.1) is 30.2 Å². The van der Waals surface area contributed by atoms with E-state index in [9.17, 15) is 4.79 Å². The number of benzene rings is 2. The summed E-state index contributed by atoms with van der Waals surface area (Å²) >= 11 is 8.10. The number of aromatic nitrogens is 2. The van der Waals surface area contributed by atoms with Crippen molar-refractivity contribution in [2.45, 2.75) is 25.3 Å². The van der Waals surface area contributed by atoms with Crippen LogP contribution in [-0.2, 0) is 11.3 Å². The van der Waals surface area contributed by atoms with E-state index in [-0.39, 0.29) is 5.97 Å². The predicted octanol–water partition coefficient (Wildman–Crippen LogP) is 6.69. The fourth-order valence-corrected chi connectivity index (χ4v) is 6.49. The van der Waals surface area contributed by atoms with Crippen LogP contribution in [0.1, 0.15) is 45.1 Å². The third kappa shape index (κ3) is 3.66. The van der Waals surface area contributed by atoms with Crippen LogP contribution in [0.15, 0.2) is 48.5 Å². The van der Waals surface area contributed by atoms with Gasteiger partial charge in [-0.25, -0.2) is 14.8 Å². The Kier molecular flexibility index (Phi) is 5.46. The molecule has 1 atom stereocenters.